The molecule has 0 saturated heterocycles. The minimum atomic E-state index is -0.617. The van der Waals surface area contributed by atoms with E-state index in [4.69, 9.17) is 4.74 Å². The summed E-state index contributed by atoms with van der Waals surface area (Å²) in [6.07, 6.45) is 4.37. The van der Waals surface area contributed by atoms with E-state index in [9.17, 15) is 9.59 Å². The van der Waals surface area contributed by atoms with Crippen molar-refractivity contribution in [1.29, 1.82) is 0 Å². The van der Waals surface area contributed by atoms with Gasteiger partial charge in [-0.05, 0) is 26.3 Å². The number of ether oxygens (including phenoxy) is 1. The van der Waals surface area contributed by atoms with Gasteiger partial charge in [0.1, 0.15) is 12.1 Å². The summed E-state index contributed by atoms with van der Waals surface area (Å²) in [5.41, 5.74) is 0.254. The van der Waals surface area contributed by atoms with E-state index in [1.54, 1.807) is 39.0 Å². The third kappa shape index (κ3) is 9.64. The van der Waals surface area contributed by atoms with Gasteiger partial charge in [-0.1, -0.05) is 31.4 Å². The molecule has 0 aromatic carbocycles. The molecule has 0 spiro atoms. The van der Waals surface area contributed by atoms with Gasteiger partial charge in [0.15, 0.2) is 0 Å². The fourth-order valence-corrected chi connectivity index (χ4v) is 1.08. The molecule has 0 fully saturated rings. The third-order valence-electron chi connectivity index (χ3n) is 1.88. The number of allylic oxidation sites excluding steroid dienone is 2. The number of amides is 2. The van der Waals surface area contributed by atoms with Gasteiger partial charge >= 0.3 is 6.09 Å². The van der Waals surface area contributed by atoms with Crippen LogP contribution >= 0.6 is 0 Å². The molecule has 0 atom stereocenters. The van der Waals surface area contributed by atoms with Crippen molar-refractivity contribution in [2.24, 2.45) is 0 Å². The topological polar surface area (TPSA) is 67.4 Å². The van der Waals surface area contributed by atoms with Gasteiger partial charge in [-0.15, -0.1) is 0 Å². The second kappa shape index (κ2) is 8.13. The van der Waals surface area contributed by atoms with Gasteiger partial charge in [0.2, 0.25) is 5.91 Å². The summed E-state index contributed by atoms with van der Waals surface area (Å²) in [5, 5.41) is 5.01. The number of nitrogens with one attached hydrogen (secondary N) is 2. The van der Waals surface area contributed by atoms with Crippen LogP contribution in [0.25, 0.3) is 0 Å². The van der Waals surface area contributed by atoms with Crippen LogP contribution in [0.3, 0.4) is 0 Å². The molecule has 2 N–H and O–H groups in total. The van der Waals surface area contributed by atoms with Gasteiger partial charge in [-0.2, -0.15) is 0 Å². The number of carbonyl (C=O) groups excluding carboxylic acids is 2. The highest BCUT2D eigenvalue weighted by molar-refractivity contribution is 5.82. The van der Waals surface area contributed by atoms with Crippen LogP contribution < -0.4 is 10.6 Å². The zero-order chi connectivity index (χ0) is 14.9. The molecular formula is C14H22N2O3. The van der Waals surface area contributed by atoms with Crippen LogP contribution in [0.15, 0.2) is 37.0 Å². The second-order valence-corrected chi connectivity index (χ2v) is 4.81. The van der Waals surface area contributed by atoms with E-state index in [1.165, 1.54) is 0 Å². The zero-order valence-corrected chi connectivity index (χ0v) is 11.8. The van der Waals surface area contributed by atoms with Crippen LogP contribution in [0, 0.1) is 0 Å². The van der Waals surface area contributed by atoms with Crippen LogP contribution in [-0.2, 0) is 9.53 Å². The molecule has 0 rings (SSSR count). The van der Waals surface area contributed by atoms with E-state index in [2.05, 4.69) is 23.8 Å². The van der Waals surface area contributed by atoms with Gasteiger partial charge in [0.05, 0.1) is 0 Å². The Morgan fingerprint density at radius 3 is 2.26 bits per heavy atom. The molecule has 2 amide bonds. The maximum atomic E-state index is 11.5. The Morgan fingerprint density at radius 2 is 1.79 bits per heavy atom. The smallest absolute Gasteiger partial charge is 0.408 e. The number of rotatable bonds is 6. The highest BCUT2D eigenvalue weighted by Gasteiger charge is 2.16. The predicted molar refractivity (Wildman–Crippen MR) is 75.7 cm³/mol. The lowest BCUT2D eigenvalue weighted by molar-refractivity contribution is -0.120. The Morgan fingerprint density at radius 1 is 1.16 bits per heavy atom. The van der Waals surface area contributed by atoms with Gasteiger partial charge in [-0.3, -0.25) is 4.79 Å². The highest BCUT2D eigenvalue weighted by atomic mass is 16.6. The zero-order valence-electron chi connectivity index (χ0n) is 11.8. The summed E-state index contributed by atoms with van der Waals surface area (Å²) in [6, 6.07) is 0. The molecule has 0 aromatic rings. The summed E-state index contributed by atoms with van der Waals surface area (Å²) >= 11 is 0. The molecule has 5 nitrogen and oxygen atoms in total. The molecule has 0 bridgehead atoms. The SMILES string of the molecule is C=CC=C(C=C)CNC(=O)CNC(=O)OC(C)(C)C. The third-order valence-corrected chi connectivity index (χ3v) is 1.88. The maximum absolute atomic E-state index is 11.5. The lowest BCUT2D eigenvalue weighted by Gasteiger charge is -2.19. The van der Waals surface area contributed by atoms with Gasteiger partial charge in [0, 0.05) is 6.54 Å². The summed E-state index contributed by atoms with van der Waals surface area (Å²) < 4.78 is 5.00. The highest BCUT2D eigenvalue weighted by Crippen LogP contribution is 2.05. The summed E-state index contributed by atoms with van der Waals surface area (Å²) in [5.74, 6) is -0.303. The van der Waals surface area contributed by atoms with Crippen molar-refractivity contribution in [1.82, 2.24) is 10.6 Å². The minimum Gasteiger partial charge on any atom is -0.444 e. The summed E-state index contributed by atoms with van der Waals surface area (Å²) in [6.45, 7) is 12.6. The van der Waals surface area contributed by atoms with Crippen molar-refractivity contribution in [3.8, 4) is 0 Å². The molecule has 0 aromatic heterocycles. The molecule has 106 valence electrons. The molecular weight excluding hydrogens is 244 g/mol. The number of hydrogen-bond acceptors (Lipinski definition) is 3. The van der Waals surface area contributed by atoms with Gasteiger partial charge in [-0.25, -0.2) is 4.79 Å². The number of carbonyl (C=O) groups is 2. The predicted octanol–water partition coefficient (Wildman–Crippen LogP) is 1.93. The van der Waals surface area contributed by atoms with E-state index in [1.807, 2.05) is 0 Å². The Kier molecular flexibility index (Phi) is 7.26. The van der Waals surface area contributed by atoms with Crippen LogP contribution in [0.2, 0.25) is 0 Å². The van der Waals surface area contributed by atoms with E-state index in [0.717, 1.165) is 5.57 Å². The first-order valence-electron chi connectivity index (χ1n) is 5.96. The maximum Gasteiger partial charge on any atom is 0.408 e. The lowest BCUT2D eigenvalue weighted by Crippen LogP contribution is -2.40. The Bertz CT molecular complexity index is 379. The Balaban J connectivity index is 4.00. The molecule has 19 heavy (non-hydrogen) atoms. The molecule has 0 aliphatic rings. The first kappa shape index (κ1) is 17.0. The van der Waals surface area contributed by atoms with E-state index < -0.39 is 11.7 Å². The monoisotopic (exact) mass is 266 g/mol. The van der Waals surface area contributed by atoms with Gasteiger partial charge in [0.25, 0.3) is 0 Å². The van der Waals surface area contributed by atoms with Crippen molar-refractivity contribution < 1.29 is 14.3 Å². The Hall–Kier alpha value is -2.04. The van der Waals surface area contributed by atoms with E-state index in [0.29, 0.717) is 6.54 Å². The quantitative estimate of drug-likeness (QED) is 0.722. The van der Waals surface area contributed by atoms with Crippen LogP contribution in [-0.4, -0.2) is 30.7 Å². The fourth-order valence-electron chi connectivity index (χ4n) is 1.08. The molecule has 0 radical (unpaired) electrons. The minimum absolute atomic E-state index is 0.132. The summed E-state index contributed by atoms with van der Waals surface area (Å²) in [7, 11) is 0. The van der Waals surface area contributed by atoms with Crippen molar-refractivity contribution in [3.05, 3.63) is 37.0 Å². The summed E-state index contributed by atoms with van der Waals surface area (Å²) in [4.78, 5) is 22.8. The average Bonchev–Trinajstić information content (AvgIpc) is 2.29. The fraction of sp³-hybridized carbons (Fsp3) is 0.429. The number of hydrogen-bond donors (Lipinski definition) is 2. The molecule has 0 aliphatic heterocycles. The standard InChI is InChI=1S/C14H22N2O3/c1-6-8-11(7-2)9-15-12(17)10-16-13(18)19-14(3,4)5/h6-8H,1-2,9-10H2,3-5H3,(H,15,17)(H,16,18). The molecule has 5 heteroatoms. The van der Waals surface area contributed by atoms with Crippen LogP contribution in [0.1, 0.15) is 20.8 Å². The molecule has 0 heterocycles. The largest absolute Gasteiger partial charge is 0.444 e. The molecule has 0 saturated carbocycles. The van der Waals surface area contributed by atoms with Crippen LogP contribution in [0.4, 0.5) is 4.79 Å². The van der Waals surface area contributed by atoms with Crippen molar-refractivity contribution in [3.63, 3.8) is 0 Å². The van der Waals surface area contributed by atoms with E-state index in [-0.39, 0.29) is 12.5 Å². The first-order chi connectivity index (χ1) is 8.78. The van der Waals surface area contributed by atoms with Crippen LogP contribution in [0.5, 0.6) is 0 Å². The first-order valence-corrected chi connectivity index (χ1v) is 5.96. The Labute approximate surface area is 114 Å². The average molecular weight is 266 g/mol. The number of alkyl carbamates (subject to hydrolysis) is 1. The second-order valence-electron chi connectivity index (χ2n) is 4.81. The van der Waals surface area contributed by atoms with Crippen molar-refractivity contribution in [2.75, 3.05) is 13.1 Å². The van der Waals surface area contributed by atoms with Gasteiger partial charge < -0.3 is 15.4 Å². The normalized spacial score (nSPS) is 11.4. The van der Waals surface area contributed by atoms with Crippen molar-refractivity contribution >= 4 is 12.0 Å². The van der Waals surface area contributed by atoms with E-state index >= 15 is 0 Å². The molecule has 0 aliphatic carbocycles. The molecule has 0 unspecified atom stereocenters. The lowest BCUT2D eigenvalue weighted by atomic mass is 10.2. The van der Waals surface area contributed by atoms with Crippen molar-refractivity contribution in [2.45, 2.75) is 26.4 Å².